The second-order valence-electron chi connectivity index (χ2n) is 27.2. The van der Waals surface area contributed by atoms with Crippen LogP contribution in [0.5, 0.6) is 0 Å². The number of hydrogen-bond donors (Lipinski definition) is 0. The van der Waals surface area contributed by atoms with Crippen molar-refractivity contribution in [1.29, 1.82) is 0 Å². The van der Waals surface area contributed by atoms with Gasteiger partial charge in [-0.25, -0.2) is 0 Å². The first-order chi connectivity index (χ1) is 48.6. The molecule has 0 aliphatic rings. The van der Waals surface area contributed by atoms with E-state index in [4.69, 9.17) is 18.9 Å². The predicted octanol–water partition coefficient (Wildman–Crippen LogP) is 24.6. The number of carboxylic acids is 1. The van der Waals surface area contributed by atoms with E-state index in [1.165, 1.54) is 135 Å². The highest BCUT2D eigenvalue weighted by molar-refractivity contribution is 5.70. The first-order valence-corrected chi connectivity index (χ1v) is 39.9. The van der Waals surface area contributed by atoms with Crippen molar-refractivity contribution >= 4 is 17.9 Å². The van der Waals surface area contributed by atoms with Crippen molar-refractivity contribution in [1.82, 2.24) is 0 Å². The molecule has 99 heavy (non-hydrogen) atoms. The second kappa shape index (κ2) is 78.1. The minimum absolute atomic E-state index is 0.138. The smallest absolute Gasteiger partial charge is 0.306 e. The number of hydrogen-bond acceptors (Lipinski definition) is 8. The van der Waals surface area contributed by atoms with Gasteiger partial charge in [0.25, 0.3) is 0 Å². The van der Waals surface area contributed by atoms with Gasteiger partial charge < -0.3 is 33.3 Å². The molecule has 0 saturated carbocycles. The van der Waals surface area contributed by atoms with Crippen molar-refractivity contribution in [2.45, 2.75) is 322 Å². The van der Waals surface area contributed by atoms with Crippen molar-refractivity contribution < 1.29 is 42.9 Å². The number of allylic oxidation sites excluding steroid dienone is 30. The van der Waals surface area contributed by atoms with Gasteiger partial charge in [-0.1, -0.05) is 344 Å². The molecule has 0 heterocycles. The average molecular weight is 1370 g/mol. The molecule has 0 aromatic rings. The van der Waals surface area contributed by atoms with E-state index in [-0.39, 0.29) is 38.6 Å². The molecule has 0 rings (SSSR count). The second-order valence-corrected chi connectivity index (χ2v) is 27.2. The third-order valence-electron chi connectivity index (χ3n) is 16.6. The molecular formula is C90H147NO8. The topological polar surface area (TPSA) is 111 Å². The van der Waals surface area contributed by atoms with Crippen molar-refractivity contribution in [3.8, 4) is 0 Å². The Kier molecular flexibility index (Phi) is 73.7. The number of carbonyl (C=O) groups is 3. The van der Waals surface area contributed by atoms with E-state index < -0.39 is 24.3 Å². The van der Waals surface area contributed by atoms with Crippen molar-refractivity contribution in [3.63, 3.8) is 0 Å². The summed E-state index contributed by atoms with van der Waals surface area (Å²) in [5, 5.41) is 11.9. The summed E-state index contributed by atoms with van der Waals surface area (Å²) in [4.78, 5) is 37.6. The van der Waals surface area contributed by atoms with Crippen LogP contribution in [0.2, 0.25) is 0 Å². The molecule has 0 aromatic heterocycles. The van der Waals surface area contributed by atoms with E-state index in [0.717, 1.165) is 141 Å². The molecule has 0 amide bonds. The van der Waals surface area contributed by atoms with Crippen LogP contribution in [0.25, 0.3) is 0 Å². The van der Waals surface area contributed by atoms with Gasteiger partial charge in [-0.3, -0.25) is 9.59 Å². The largest absolute Gasteiger partial charge is 0.545 e. The van der Waals surface area contributed by atoms with Crippen LogP contribution in [0, 0.1) is 0 Å². The van der Waals surface area contributed by atoms with E-state index in [0.29, 0.717) is 17.4 Å². The zero-order valence-electron chi connectivity index (χ0n) is 64.0. The minimum Gasteiger partial charge on any atom is -0.545 e. The maximum atomic E-state index is 13.0. The van der Waals surface area contributed by atoms with Crippen LogP contribution in [0.4, 0.5) is 0 Å². The first-order valence-electron chi connectivity index (χ1n) is 39.9. The lowest BCUT2D eigenvalue weighted by atomic mass is 10.0. The maximum absolute atomic E-state index is 13.0. The third kappa shape index (κ3) is 79.6. The van der Waals surface area contributed by atoms with E-state index in [9.17, 15) is 19.5 Å². The minimum atomic E-state index is -1.64. The van der Waals surface area contributed by atoms with Gasteiger partial charge in [0.2, 0.25) is 0 Å². The van der Waals surface area contributed by atoms with Gasteiger partial charge in [-0.15, -0.1) is 0 Å². The van der Waals surface area contributed by atoms with Gasteiger partial charge in [0.15, 0.2) is 12.4 Å². The van der Waals surface area contributed by atoms with Gasteiger partial charge in [0.05, 0.1) is 40.3 Å². The molecule has 0 aromatic carbocycles. The number of nitrogens with zero attached hydrogens (tertiary/aromatic N) is 1. The number of unbranched alkanes of at least 4 members (excludes halogenated alkanes) is 27. The summed E-state index contributed by atoms with van der Waals surface area (Å²) in [6, 6.07) is 0. The standard InChI is InChI=1S/C90H147NO8/c1-6-8-10-12-14-16-18-20-22-24-26-28-30-32-34-36-38-40-41-42-43-44-45-46-47-49-51-53-55-57-59-61-63-65-67-69-71-73-75-77-79-81-88(93)99-86(85-98-90(89(94)95)96-83-82-91(3,4)5)84-97-87(92)80-78-76-74-72-70-68-66-64-62-60-58-56-54-52-50-48-39-37-35-33-31-29-27-25-23-21-19-17-15-13-11-9-7-2/h8-11,14-17,20-23,26-29,32,34,38,40,42-43,45-46,49,51,55,57,61,63,86,90H,6-7,12-13,18-19,24-25,30-31,33,35-37,39,41,44,47-48,50,52-54,56,58-60,62,64-85H2,1-5H3/b10-8-,11-9-,16-14-,17-15-,22-20-,23-21-,28-26-,29-27-,34-32-,40-38-,43-42-,46-45-,51-49-,57-55-,63-61-. The molecule has 2 atom stereocenters. The van der Waals surface area contributed by atoms with Crippen LogP contribution < -0.4 is 5.11 Å². The Balaban J connectivity index is 4.12. The summed E-state index contributed by atoms with van der Waals surface area (Å²) in [6.07, 6.45) is 116. The molecule has 0 fully saturated rings. The lowest BCUT2D eigenvalue weighted by Gasteiger charge is -2.26. The molecule has 9 heteroatoms. The van der Waals surface area contributed by atoms with Gasteiger partial charge in [-0.05, 0) is 135 Å². The first kappa shape index (κ1) is 93.4. The fraction of sp³-hybridized carbons (Fsp3) is 0.633. The molecule has 0 radical (unpaired) electrons. The third-order valence-corrected chi connectivity index (χ3v) is 16.6. The zero-order chi connectivity index (χ0) is 71.8. The Hall–Kier alpha value is -5.61. The maximum Gasteiger partial charge on any atom is 0.306 e. The van der Waals surface area contributed by atoms with E-state index in [1.807, 2.05) is 21.1 Å². The summed E-state index contributed by atoms with van der Waals surface area (Å²) in [5.41, 5.74) is 0. The lowest BCUT2D eigenvalue weighted by molar-refractivity contribution is -0.870. The Morgan fingerprint density at radius 1 is 0.303 bits per heavy atom. The Bertz CT molecular complexity index is 2290. The van der Waals surface area contributed by atoms with Crippen LogP contribution in [0.1, 0.15) is 309 Å². The Labute approximate surface area is 609 Å². The van der Waals surface area contributed by atoms with Crippen molar-refractivity contribution in [3.05, 3.63) is 182 Å². The monoisotopic (exact) mass is 1370 g/mol. The fourth-order valence-corrected chi connectivity index (χ4v) is 10.7. The molecule has 0 bridgehead atoms. The summed E-state index contributed by atoms with van der Waals surface area (Å²) >= 11 is 0. The molecule has 0 aliphatic carbocycles. The van der Waals surface area contributed by atoms with Gasteiger partial charge >= 0.3 is 11.9 Å². The normalized spacial score (nSPS) is 13.7. The number of rotatable bonds is 72. The Morgan fingerprint density at radius 3 is 0.808 bits per heavy atom. The molecule has 560 valence electrons. The average Bonchev–Trinajstić information content (AvgIpc) is 2.62. The Morgan fingerprint density at radius 2 is 0.545 bits per heavy atom. The predicted molar refractivity (Wildman–Crippen MR) is 425 cm³/mol. The molecule has 0 aliphatic heterocycles. The number of ether oxygens (including phenoxy) is 4. The lowest BCUT2D eigenvalue weighted by Crippen LogP contribution is -2.44. The fourth-order valence-electron chi connectivity index (χ4n) is 10.7. The summed E-state index contributed by atoms with van der Waals surface area (Å²) in [5.74, 6) is -2.30. The number of esters is 2. The molecule has 2 unspecified atom stereocenters. The number of carboxylic acid groups (broad SMARTS) is 1. The summed E-state index contributed by atoms with van der Waals surface area (Å²) < 4.78 is 22.8. The SMILES string of the molecule is CC/C=C\C/C=C\C/C=C\C/C=C\C/C=C\C/C=C\C/C=C\C/C=C\C/C=C\C/C=C\C/C=C\CCCCCCCCCC(=O)OC(COC(=O)CCCCCCCCCCCCCCCCCCCCCC/C=C\C/C=C\C/C=C\C/C=C\CC)COC(OCC[N+](C)(C)C)C(=O)[O-]. The zero-order valence-corrected chi connectivity index (χ0v) is 64.0. The van der Waals surface area contributed by atoms with E-state index in [2.05, 4.69) is 196 Å². The van der Waals surface area contributed by atoms with Crippen molar-refractivity contribution in [2.24, 2.45) is 0 Å². The molecule has 0 saturated heterocycles. The number of aliphatic carboxylic acids is 1. The van der Waals surface area contributed by atoms with E-state index >= 15 is 0 Å². The molecule has 0 spiro atoms. The van der Waals surface area contributed by atoms with Crippen LogP contribution in [0.15, 0.2) is 182 Å². The number of carbonyl (C=O) groups excluding carboxylic acids is 3. The molecule has 9 nitrogen and oxygen atoms in total. The van der Waals surface area contributed by atoms with Gasteiger partial charge in [-0.2, -0.15) is 0 Å². The van der Waals surface area contributed by atoms with Crippen LogP contribution in [-0.4, -0.2) is 82.3 Å². The highest BCUT2D eigenvalue weighted by Gasteiger charge is 2.22. The van der Waals surface area contributed by atoms with Gasteiger partial charge in [0, 0.05) is 12.8 Å². The number of quaternary nitrogens is 1. The quantitative estimate of drug-likeness (QED) is 0.0195. The van der Waals surface area contributed by atoms with E-state index in [1.54, 1.807) is 0 Å². The highest BCUT2D eigenvalue weighted by atomic mass is 16.7. The van der Waals surface area contributed by atoms with Crippen molar-refractivity contribution in [2.75, 3.05) is 47.5 Å². The van der Waals surface area contributed by atoms with Crippen LogP contribution in [0.3, 0.4) is 0 Å². The van der Waals surface area contributed by atoms with Crippen LogP contribution >= 0.6 is 0 Å². The highest BCUT2D eigenvalue weighted by Crippen LogP contribution is 2.17. The molecule has 0 N–H and O–H groups in total. The number of likely N-dealkylation sites (N-methyl/N-ethyl adjacent to an activating group) is 1. The van der Waals surface area contributed by atoms with Crippen LogP contribution in [-0.2, 0) is 33.3 Å². The van der Waals surface area contributed by atoms with Gasteiger partial charge in [0.1, 0.15) is 13.2 Å². The summed E-state index contributed by atoms with van der Waals surface area (Å²) in [7, 11) is 5.93. The summed E-state index contributed by atoms with van der Waals surface area (Å²) in [6.45, 7) is 4.52. The molecular weight excluding hydrogens is 1220 g/mol.